The molecule has 4 heteroatoms. The predicted octanol–water partition coefficient (Wildman–Crippen LogP) is 3.32. The highest BCUT2D eigenvalue weighted by atomic mass is 16.3. The van der Waals surface area contributed by atoms with Gasteiger partial charge >= 0.3 is 6.03 Å². The molecule has 0 spiro atoms. The summed E-state index contributed by atoms with van der Waals surface area (Å²) in [6, 6.07) is 5.83. The number of benzene rings is 1. The molecule has 2 rings (SSSR count). The molecular formula is C17H26N2O2. The van der Waals surface area contributed by atoms with Gasteiger partial charge in [0.1, 0.15) is 0 Å². The molecule has 0 saturated carbocycles. The van der Waals surface area contributed by atoms with E-state index < -0.39 is 5.60 Å². The zero-order chi connectivity index (χ0) is 15.6. The normalized spacial score (nSPS) is 18.9. The first-order valence-corrected chi connectivity index (χ1v) is 7.73. The Morgan fingerprint density at radius 1 is 1.48 bits per heavy atom. The third kappa shape index (κ3) is 3.38. The van der Waals surface area contributed by atoms with Crippen LogP contribution in [0.5, 0.6) is 0 Å². The number of carbonyl (C=O) groups is 1. The summed E-state index contributed by atoms with van der Waals surface area (Å²) in [5, 5.41) is 13.3. The zero-order valence-electron chi connectivity index (χ0n) is 13.4. The van der Waals surface area contributed by atoms with Crippen molar-refractivity contribution in [2.75, 3.05) is 11.9 Å². The second-order valence-corrected chi connectivity index (χ2v) is 6.40. The Hall–Kier alpha value is -1.55. The molecule has 1 aliphatic heterocycles. The topological polar surface area (TPSA) is 52.6 Å². The first kappa shape index (κ1) is 15.8. The number of hydrogen-bond donors (Lipinski definition) is 2. The molecule has 1 atom stereocenters. The Morgan fingerprint density at radius 3 is 2.81 bits per heavy atom. The van der Waals surface area contributed by atoms with Gasteiger partial charge in [-0.1, -0.05) is 25.1 Å². The van der Waals surface area contributed by atoms with Gasteiger partial charge in [-0.15, -0.1) is 0 Å². The minimum atomic E-state index is -0.868. The summed E-state index contributed by atoms with van der Waals surface area (Å²) in [6.07, 6.45) is 2.67. The molecule has 0 aliphatic carbocycles. The molecule has 1 fully saturated rings. The fourth-order valence-electron chi connectivity index (χ4n) is 3.13. The maximum atomic E-state index is 12.6. The molecule has 0 bridgehead atoms. The van der Waals surface area contributed by atoms with E-state index in [1.807, 2.05) is 25.1 Å². The molecule has 0 aromatic heterocycles. The van der Waals surface area contributed by atoms with Crippen molar-refractivity contribution < 1.29 is 9.90 Å². The van der Waals surface area contributed by atoms with E-state index in [9.17, 15) is 9.90 Å². The van der Waals surface area contributed by atoms with Gasteiger partial charge in [0, 0.05) is 12.2 Å². The summed E-state index contributed by atoms with van der Waals surface area (Å²) < 4.78 is 0. The van der Waals surface area contributed by atoms with Gasteiger partial charge in [0.15, 0.2) is 0 Å². The molecule has 1 saturated heterocycles. The molecule has 116 valence electrons. The number of carbonyl (C=O) groups excluding carboxylic acids is 1. The minimum Gasteiger partial charge on any atom is -0.388 e. The molecule has 21 heavy (non-hydrogen) atoms. The molecule has 1 aromatic rings. The SMILES string of the molecule is CCc1cccc(C)c1NC(=O)N1CCCC1C(C)(C)O. The van der Waals surface area contributed by atoms with Crippen LogP contribution in [0.4, 0.5) is 10.5 Å². The van der Waals surface area contributed by atoms with Crippen molar-refractivity contribution in [3.8, 4) is 0 Å². The average Bonchev–Trinajstić information content (AvgIpc) is 2.90. The summed E-state index contributed by atoms with van der Waals surface area (Å²) in [6.45, 7) is 8.34. The van der Waals surface area contributed by atoms with E-state index in [2.05, 4.69) is 12.2 Å². The van der Waals surface area contributed by atoms with E-state index in [4.69, 9.17) is 0 Å². The van der Waals surface area contributed by atoms with Crippen LogP contribution in [-0.4, -0.2) is 34.2 Å². The summed E-state index contributed by atoms with van der Waals surface area (Å²) in [4.78, 5) is 14.4. The highest BCUT2D eigenvalue weighted by Crippen LogP contribution is 2.28. The van der Waals surface area contributed by atoms with E-state index in [-0.39, 0.29) is 12.1 Å². The molecular weight excluding hydrogens is 264 g/mol. The minimum absolute atomic E-state index is 0.108. The lowest BCUT2D eigenvalue weighted by Gasteiger charge is -2.34. The number of aryl methyl sites for hydroxylation is 2. The van der Waals surface area contributed by atoms with Crippen LogP contribution in [0.3, 0.4) is 0 Å². The van der Waals surface area contributed by atoms with Crippen LogP contribution in [-0.2, 0) is 6.42 Å². The van der Waals surface area contributed by atoms with Gasteiger partial charge in [-0.25, -0.2) is 4.79 Å². The molecule has 1 unspecified atom stereocenters. The van der Waals surface area contributed by atoms with Crippen molar-refractivity contribution in [2.45, 2.75) is 58.6 Å². The monoisotopic (exact) mass is 290 g/mol. The van der Waals surface area contributed by atoms with E-state index in [0.717, 1.165) is 36.1 Å². The van der Waals surface area contributed by atoms with Crippen molar-refractivity contribution >= 4 is 11.7 Å². The lowest BCUT2D eigenvalue weighted by atomic mass is 9.97. The fourth-order valence-corrected chi connectivity index (χ4v) is 3.13. The number of urea groups is 1. The van der Waals surface area contributed by atoms with E-state index in [1.54, 1.807) is 18.7 Å². The summed E-state index contributed by atoms with van der Waals surface area (Å²) in [5.74, 6) is 0. The second kappa shape index (κ2) is 6.06. The maximum Gasteiger partial charge on any atom is 0.322 e. The van der Waals surface area contributed by atoms with Crippen molar-refractivity contribution in [2.24, 2.45) is 0 Å². The maximum absolute atomic E-state index is 12.6. The Bertz CT molecular complexity index is 520. The standard InChI is InChI=1S/C17H26N2O2/c1-5-13-9-6-8-12(2)15(13)18-16(20)19-11-7-10-14(19)17(3,4)21/h6,8-9,14,21H,5,7,10-11H2,1-4H3,(H,18,20). The number of amides is 2. The number of likely N-dealkylation sites (tertiary alicyclic amines) is 1. The van der Waals surface area contributed by atoms with Crippen molar-refractivity contribution in [3.63, 3.8) is 0 Å². The van der Waals surface area contributed by atoms with Crippen LogP contribution >= 0.6 is 0 Å². The zero-order valence-corrected chi connectivity index (χ0v) is 13.4. The number of nitrogens with one attached hydrogen (secondary N) is 1. The van der Waals surface area contributed by atoms with Crippen LogP contribution in [0, 0.1) is 6.92 Å². The Balaban J connectivity index is 2.19. The van der Waals surface area contributed by atoms with Crippen LogP contribution in [0.25, 0.3) is 0 Å². The van der Waals surface area contributed by atoms with Gasteiger partial charge in [0.25, 0.3) is 0 Å². The van der Waals surface area contributed by atoms with Crippen LogP contribution in [0.2, 0.25) is 0 Å². The quantitative estimate of drug-likeness (QED) is 0.897. The second-order valence-electron chi connectivity index (χ2n) is 6.40. The number of para-hydroxylation sites is 1. The Labute approximate surface area is 127 Å². The Kier molecular flexibility index (Phi) is 4.57. The summed E-state index contributed by atoms with van der Waals surface area (Å²) in [7, 11) is 0. The van der Waals surface area contributed by atoms with Crippen LogP contribution in [0.15, 0.2) is 18.2 Å². The van der Waals surface area contributed by atoms with Gasteiger partial charge in [0.05, 0.1) is 11.6 Å². The first-order valence-electron chi connectivity index (χ1n) is 7.73. The smallest absolute Gasteiger partial charge is 0.322 e. The highest BCUT2D eigenvalue weighted by Gasteiger charge is 2.38. The molecule has 2 amide bonds. The van der Waals surface area contributed by atoms with E-state index >= 15 is 0 Å². The van der Waals surface area contributed by atoms with Crippen LogP contribution < -0.4 is 5.32 Å². The van der Waals surface area contributed by atoms with E-state index in [1.165, 1.54) is 0 Å². The van der Waals surface area contributed by atoms with E-state index in [0.29, 0.717) is 6.54 Å². The highest BCUT2D eigenvalue weighted by molar-refractivity contribution is 5.91. The number of anilines is 1. The van der Waals surface area contributed by atoms with Gasteiger partial charge in [-0.3, -0.25) is 0 Å². The first-order chi connectivity index (χ1) is 9.84. The summed E-state index contributed by atoms with van der Waals surface area (Å²) >= 11 is 0. The van der Waals surface area contributed by atoms with Gasteiger partial charge in [0.2, 0.25) is 0 Å². The summed E-state index contributed by atoms with van der Waals surface area (Å²) in [5.41, 5.74) is 2.25. The third-order valence-electron chi connectivity index (χ3n) is 4.30. The molecule has 2 N–H and O–H groups in total. The predicted molar refractivity (Wildman–Crippen MR) is 85.6 cm³/mol. The fraction of sp³-hybridized carbons (Fsp3) is 0.588. The molecule has 4 nitrogen and oxygen atoms in total. The molecule has 0 radical (unpaired) electrons. The largest absolute Gasteiger partial charge is 0.388 e. The Morgan fingerprint density at radius 2 is 2.19 bits per heavy atom. The van der Waals surface area contributed by atoms with Gasteiger partial charge < -0.3 is 15.3 Å². The number of nitrogens with zero attached hydrogens (tertiary/aromatic N) is 1. The third-order valence-corrected chi connectivity index (χ3v) is 4.30. The molecule has 1 aliphatic rings. The molecule has 1 aromatic carbocycles. The number of aliphatic hydroxyl groups is 1. The van der Waals surface area contributed by atoms with Crippen molar-refractivity contribution in [1.82, 2.24) is 4.90 Å². The lowest BCUT2D eigenvalue weighted by Crippen LogP contribution is -2.49. The van der Waals surface area contributed by atoms with Crippen molar-refractivity contribution in [1.29, 1.82) is 0 Å². The van der Waals surface area contributed by atoms with Gasteiger partial charge in [-0.2, -0.15) is 0 Å². The van der Waals surface area contributed by atoms with Crippen molar-refractivity contribution in [3.05, 3.63) is 29.3 Å². The number of rotatable bonds is 3. The number of hydrogen-bond acceptors (Lipinski definition) is 2. The van der Waals surface area contributed by atoms with Crippen LogP contribution in [0.1, 0.15) is 44.7 Å². The lowest BCUT2D eigenvalue weighted by molar-refractivity contribution is 0.0117. The average molecular weight is 290 g/mol. The van der Waals surface area contributed by atoms with Gasteiger partial charge in [-0.05, 0) is 51.2 Å². The molecule has 1 heterocycles.